The normalized spacial score (nSPS) is 14.8. The van der Waals surface area contributed by atoms with Crippen molar-refractivity contribution in [1.29, 1.82) is 0 Å². The number of amides is 1. The van der Waals surface area contributed by atoms with Gasteiger partial charge < -0.3 is 14.4 Å². The number of ketones is 1. The summed E-state index contributed by atoms with van der Waals surface area (Å²) in [5, 5.41) is 0. The highest BCUT2D eigenvalue weighted by Crippen LogP contribution is 2.29. The Morgan fingerprint density at radius 2 is 1.47 bits per heavy atom. The topological polar surface area (TPSA) is 84.0 Å². The molecule has 184 valence electrons. The predicted octanol–water partition coefficient (Wildman–Crippen LogP) is 3.35. The highest BCUT2D eigenvalue weighted by molar-refractivity contribution is 7.89. The van der Waals surface area contributed by atoms with E-state index in [1.54, 1.807) is 24.0 Å². The van der Waals surface area contributed by atoms with Crippen LogP contribution >= 0.6 is 0 Å². The van der Waals surface area contributed by atoms with Crippen LogP contribution in [0.5, 0.6) is 5.75 Å². The largest absolute Gasteiger partial charge is 0.484 e. The minimum absolute atomic E-state index is 0.102. The predicted molar refractivity (Wildman–Crippen MR) is 132 cm³/mol. The van der Waals surface area contributed by atoms with Gasteiger partial charge in [0.15, 0.2) is 6.61 Å². The Hall–Kier alpha value is -2.71. The first-order chi connectivity index (χ1) is 16.0. The summed E-state index contributed by atoms with van der Waals surface area (Å²) in [5.41, 5.74) is 4.52. The molecule has 1 amide bonds. The summed E-state index contributed by atoms with van der Waals surface area (Å²) in [5.74, 6) is 0.566. The summed E-state index contributed by atoms with van der Waals surface area (Å²) < 4.78 is 33.9. The van der Waals surface area contributed by atoms with E-state index < -0.39 is 10.0 Å². The minimum atomic E-state index is -3.64. The summed E-state index contributed by atoms with van der Waals surface area (Å²) >= 11 is 0. The fraction of sp³-hybridized carbons (Fsp3) is 0.462. The standard InChI is InChI=1S/C26H34N2O5S/c1-18-16-19(2)22(5)26(21(18)4)34(31,32)28-14-12-27(13-15-28)25(30)17-33-24-10-8-23(9-11-24)7-6-20(3)29/h8-11,16H,6-7,12-15,17H2,1-5H3. The van der Waals surface area contributed by atoms with E-state index in [0.29, 0.717) is 36.6 Å². The summed E-state index contributed by atoms with van der Waals surface area (Å²) in [7, 11) is -3.64. The zero-order valence-corrected chi connectivity index (χ0v) is 21.5. The second kappa shape index (κ2) is 10.7. The lowest BCUT2D eigenvalue weighted by molar-refractivity contribution is -0.134. The van der Waals surface area contributed by atoms with Gasteiger partial charge >= 0.3 is 0 Å². The first kappa shape index (κ1) is 25.9. The SMILES string of the molecule is CC(=O)CCc1ccc(OCC(=O)N2CCN(S(=O)(=O)c3c(C)c(C)cc(C)c3C)CC2)cc1. The van der Waals surface area contributed by atoms with E-state index in [4.69, 9.17) is 4.74 Å². The molecule has 0 unspecified atom stereocenters. The van der Waals surface area contributed by atoms with Gasteiger partial charge in [0, 0.05) is 32.6 Å². The van der Waals surface area contributed by atoms with Crippen LogP contribution in [0.1, 0.15) is 41.2 Å². The Morgan fingerprint density at radius 3 is 2.00 bits per heavy atom. The van der Waals surface area contributed by atoms with Crippen LogP contribution in [0.3, 0.4) is 0 Å². The number of aryl methyl sites for hydroxylation is 3. The van der Waals surface area contributed by atoms with Gasteiger partial charge in [-0.1, -0.05) is 18.2 Å². The molecule has 0 spiro atoms. The molecule has 0 aromatic heterocycles. The monoisotopic (exact) mass is 486 g/mol. The Kier molecular flexibility index (Phi) is 8.15. The molecule has 1 fully saturated rings. The molecular formula is C26H34N2O5S. The van der Waals surface area contributed by atoms with Gasteiger partial charge in [0.2, 0.25) is 10.0 Å². The van der Waals surface area contributed by atoms with Crippen molar-refractivity contribution in [2.24, 2.45) is 0 Å². The van der Waals surface area contributed by atoms with Gasteiger partial charge in [-0.05, 0) is 81.0 Å². The van der Waals surface area contributed by atoms with Crippen LogP contribution in [0.2, 0.25) is 0 Å². The third-order valence-electron chi connectivity index (χ3n) is 6.54. The lowest BCUT2D eigenvalue weighted by atomic mass is 10.0. The fourth-order valence-electron chi connectivity index (χ4n) is 4.18. The van der Waals surface area contributed by atoms with E-state index in [-0.39, 0.29) is 31.4 Å². The molecular weight excluding hydrogens is 452 g/mol. The van der Waals surface area contributed by atoms with E-state index in [2.05, 4.69) is 0 Å². The maximum atomic E-state index is 13.4. The van der Waals surface area contributed by atoms with Crippen molar-refractivity contribution in [3.05, 3.63) is 58.1 Å². The molecule has 2 aromatic carbocycles. The van der Waals surface area contributed by atoms with Crippen LogP contribution in [0, 0.1) is 27.7 Å². The smallest absolute Gasteiger partial charge is 0.260 e. The second-order valence-corrected chi connectivity index (χ2v) is 10.9. The quantitative estimate of drug-likeness (QED) is 0.571. The van der Waals surface area contributed by atoms with E-state index >= 15 is 0 Å². The number of nitrogens with zero attached hydrogens (tertiary/aromatic N) is 2. The zero-order chi connectivity index (χ0) is 25.0. The molecule has 0 radical (unpaired) electrons. The lowest BCUT2D eigenvalue weighted by Crippen LogP contribution is -2.51. The fourth-order valence-corrected chi connectivity index (χ4v) is 6.18. The molecule has 3 rings (SSSR count). The van der Waals surface area contributed by atoms with Crippen molar-refractivity contribution < 1.29 is 22.7 Å². The Bertz CT molecular complexity index is 1140. The van der Waals surface area contributed by atoms with E-state index in [1.165, 1.54) is 4.31 Å². The van der Waals surface area contributed by atoms with Gasteiger partial charge in [-0.2, -0.15) is 4.31 Å². The second-order valence-electron chi connectivity index (χ2n) is 9.01. The average molecular weight is 487 g/mol. The van der Waals surface area contributed by atoms with Gasteiger partial charge in [0.25, 0.3) is 5.91 Å². The Labute approximate surface area is 202 Å². The van der Waals surface area contributed by atoms with Gasteiger partial charge in [-0.15, -0.1) is 0 Å². The molecule has 1 aliphatic rings. The summed E-state index contributed by atoms with van der Waals surface area (Å²) in [6.45, 7) is 10.2. The number of sulfonamides is 1. The van der Waals surface area contributed by atoms with E-state index in [1.807, 2.05) is 45.9 Å². The van der Waals surface area contributed by atoms with Gasteiger partial charge in [0.1, 0.15) is 11.5 Å². The summed E-state index contributed by atoms with van der Waals surface area (Å²) in [6, 6.07) is 9.39. The van der Waals surface area contributed by atoms with Crippen LogP contribution in [-0.4, -0.2) is 62.1 Å². The number of rotatable bonds is 8. The van der Waals surface area contributed by atoms with E-state index in [9.17, 15) is 18.0 Å². The minimum Gasteiger partial charge on any atom is -0.484 e. The van der Waals surface area contributed by atoms with Crippen molar-refractivity contribution in [2.75, 3.05) is 32.8 Å². The van der Waals surface area contributed by atoms with Crippen molar-refractivity contribution in [1.82, 2.24) is 9.21 Å². The third-order valence-corrected chi connectivity index (χ3v) is 8.71. The molecule has 0 bridgehead atoms. The maximum absolute atomic E-state index is 13.4. The first-order valence-electron chi connectivity index (χ1n) is 11.6. The number of carbonyl (C=O) groups is 2. The van der Waals surface area contributed by atoms with Gasteiger partial charge in [-0.25, -0.2) is 8.42 Å². The van der Waals surface area contributed by atoms with Crippen molar-refractivity contribution in [3.63, 3.8) is 0 Å². The highest BCUT2D eigenvalue weighted by Gasteiger charge is 2.33. The summed E-state index contributed by atoms with van der Waals surface area (Å²) in [6.07, 6.45) is 1.19. The van der Waals surface area contributed by atoms with Crippen LogP contribution < -0.4 is 4.74 Å². The van der Waals surface area contributed by atoms with Gasteiger partial charge in [-0.3, -0.25) is 4.79 Å². The van der Waals surface area contributed by atoms with Crippen LogP contribution in [0.25, 0.3) is 0 Å². The number of benzene rings is 2. The molecule has 8 heteroatoms. The molecule has 7 nitrogen and oxygen atoms in total. The number of Topliss-reactive ketones (excluding diaryl/α,β-unsaturated/α-hetero) is 1. The van der Waals surface area contributed by atoms with Crippen LogP contribution in [0.4, 0.5) is 0 Å². The van der Waals surface area contributed by atoms with Gasteiger partial charge in [0.05, 0.1) is 4.90 Å². The number of carbonyl (C=O) groups excluding carboxylic acids is 2. The van der Waals surface area contributed by atoms with Crippen molar-refractivity contribution >= 4 is 21.7 Å². The first-order valence-corrected chi connectivity index (χ1v) is 13.0. The molecule has 0 N–H and O–H groups in total. The molecule has 0 atom stereocenters. The molecule has 0 saturated carbocycles. The molecule has 34 heavy (non-hydrogen) atoms. The zero-order valence-electron chi connectivity index (χ0n) is 20.7. The Morgan fingerprint density at radius 1 is 0.912 bits per heavy atom. The summed E-state index contributed by atoms with van der Waals surface area (Å²) in [4.78, 5) is 25.8. The molecule has 1 aliphatic heterocycles. The van der Waals surface area contributed by atoms with Crippen molar-refractivity contribution in [2.45, 2.75) is 52.4 Å². The van der Waals surface area contributed by atoms with Crippen LogP contribution in [0.15, 0.2) is 35.2 Å². The number of piperazine rings is 1. The molecule has 0 aliphatic carbocycles. The average Bonchev–Trinajstić information content (AvgIpc) is 2.80. The van der Waals surface area contributed by atoms with E-state index in [0.717, 1.165) is 27.8 Å². The Balaban J connectivity index is 1.56. The lowest BCUT2D eigenvalue weighted by Gasteiger charge is -2.34. The number of hydrogen-bond acceptors (Lipinski definition) is 5. The third kappa shape index (κ3) is 5.85. The number of ether oxygens (including phenoxy) is 1. The molecule has 1 heterocycles. The van der Waals surface area contributed by atoms with Crippen molar-refractivity contribution in [3.8, 4) is 5.75 Å². The highest BCUT2D eigenvalue weighted by atomic mass is 32.2. The molecule has 2 aromatic rings. The number of hydrogen-bond donors (Lipinski definition) is 0. The molecule has 1 saturated heterocycles. The maximum Gasteiger partial charge on any atom is 0.260 e. The van der Waals surface area contributed by atoms with Crippen LogP contribution in [-0.2, 0) is 26.0 Å².